The summed E-state index contributed by atoms with van der Waals surface area (Å²) in [6.45, 7) is 4.09. The van der Waals surface area contributed by atoms with E-state index in [0.29, 0.717) is 24.0 Å². The van der Waals surface area contributed by atoms with Gasteiger partial charge in [-0.3, -0.25) is 9.59 Å². The molecule has 2 aromatic carbocycles. The van der Waals surface area contributed by atoms with E-state index in [-0.39, 0.29) is 12.3 Å². The number of rotatable bonds is 5. The van der Waals surface area contributed by atoms with Crippen molar-refractivity contribution in [3.63, 3.8) is 0 Å². The van der Waals surface area contributed by atoms with Crippen LogP contribution in [-0.4, -0.2) is 28.6 Å². The van der Waals surface area contributed by atoms with Gasteiger partial charge in [0, 0.05) is 31.1 Å². The minimum absolute atomic E-state index is 0.0596. The molecule has 1 aromatic heterocycles. The summed E-state index contributed by atoms with van der Waals surface area (Å²) in [5.41, 5.74) is 2.72. The van der Waals surface area contributed by atoms with Crippen molar-refractivity contribution in [3.8, 4) is 17.1 Å². The summed E-state index contributed by atoms with van der Waals surface area (Å²) in [4.78, 5) is 31.0. The number of para-hydroxylation sites is 1. The van der Waals surface area contributed by atoms with E-state index in [1.54, 1.807) is 36.1 Å². The first-order valence-corrected chi connectivity index (χ1v) is 9.56. The van der Waals surface area contributed by atoms with Crippen molar-refractivity contribution < 1.29 is 18.8 Å². The van der Waals surface area contributed by atoms with E-state index in [1.165, 1.54) is 0 Å². The molecule has 1 aliphatic heterocycles. The molecular formula is C22H21N3O4. The molecule has 1 aliphatic rings. The first-order valence-electron chi connectivity index (χ1n) is 9.56. The number of aromatic nitrogens is 2. The van der Waals surface area contributed by atoms with Crippen LogP contribution < -0.4 is 9.64 Å². The lowest BCUT2D eigenvalue weighted by atomic mass is 10.1. The van der Waals surface area contributed by atoms with Gasteiger partial charge in [0.1, 0.15) is 5.75 Å². The van der Waals surface area contributed by atoms with Gasteiger partial charge in [-0.05, 0) is 42.3 Å². The van der Waals surface area contributed by atoms with Gasteiger partial charge in [0.15, 0.2) is 0 Å². The van der Waals surface area contributed by atoms with Crippen LogP contribution >= 0.6 is 0 Å². The van der Waals surface area contributed by atoms with Crippen molar-refractivity contribution in [2.24, 2.45) is 5.92 Å². The molecule has 2 heterocycles. The SMILES string of the molecule is CCc1ccccc1N1CC(C(=O)Oc2ccc(-c3noc(C)n3)cc2)CC1=O. The summed E-state index contributed by atoms with van der Waals surface area (Å²) in [7, 11) is 0. The molecule has 1 saturated heterocycles. The van der Waals surface area contributed by atoms with Gasteiger partial charge in [0.05, 0.1) is 5.92 Å². The molecule has 148 valence electrons. The highest BCUT2D eigenvalue weighted by molar-refractivity contribution is 6.00. The second kappa shape index (κ2) is 7.87. The van der Waals surface area contributed by atoms with Gasteiger partial charge in [-0.1, -0.05) is 30.3 Å². The summed E-state index contributed by atoms with van der Waals surface area (Å²) < 4.78 is 10.5. The number of amides is 1. The number of ether oxygens (including phenoxy) is 1. The normalized spacial score (nSPS) is 16.3. The van der Waals surface area contributed by atoms with E-state index in [2.05, 4.69) is 10.1 Å². The molecule has 1 fully saturated rings. The van der Waals surface area contributed by atoms with Crippen LogP contribution in [0.1, 0.15) is 24.8 Å². The highest BCUT2D eigenvalue weighted by Gasteiger charge is 2.37. The number of esters is 1. The Bertz CT molecular complexity index is 1040. The van der Waals surface area contributed by atoms with Crippen LogP contribution in [0.5, 0.6) is 5.75 Å². The maximum absolute atomic E-state index is 12.6. The summed E-state index contributed by atoms with van der Waals surface area (Å²) in [6, 6.07) is 14.7. The lowest BCUT2D eigenvalue weighted by Crippen LogP contribution is -2.28. The molecule has 1 amide bonds. The van der Waals surface area contributed by atoms with E-state index in [1.807, 2.05) is 31.2 Å². The van der Waals surface area contributed by atoms with Gasteiger partial charge in [-0.25, -0.2) is 0 Å². The van der Waals surface area contributed by atoms with Gasteiger partial charge in [0.25, 0.3) is 0 Å². The summed E-state index contributed by atoms with van der Waals surface area (Å²) >= 11 is 0. The third-order valence-electron chi connectivity index (χ3n) is 4.98. The molecule has 1 unspecified atom stereocenters. The predicted molar refractivity (Wildman–Crippen MR) is 106 cm³/mol. The fraction of sp³-hybridized carbons (Fsp3) is 0.273. The molecule has 0 spiro atoms. The molecule has 29 heavy (non-hydrogen) atoms. The number of hydrogen-bond donors (Lipinski definition) is 0. The highest BCUT2D eigenvalue weighted by Crippen LogP contribution is 2.29. The Morgan fingerprint density at radius 2 is 1.97 bits per heavy atom. The lowest BCUT2D eigenvalue weighted by Gasteiger charge is -2.19. The standard InChI is InChI=1S/C22H21N3O4/c1-3-15-6-4-5-7-19(15)25-13-17(12-20(25)26)22(27)28-18-10-8-16(9-11-18)21-23-14(2)29-24-21/h4-11,17H,3,12-13H2,1-2H3. The second-order valence-corrected chi connectivity index (χ2v) is 6.97. The monoisotopic (exact) mass is 391 g/mol. The van der Waals surface area contributed by atoms with E-state index in [0.717, 1.165) is 23.2 Å². The number of carbonyl (C=O) groups is 2. The van der Waals surface area contributed by atoms with Crippen molar-refractivity contribution in [3.05, 3.63) is 60.0 Å². The van der Waals surface area contributed by atoms with E-state index >= 15 is 0 Å². The second-order valence-electron chi connectivity index (χ2n) is 6.97. The van der Waals surface area contributed by atoms with E-state index in [4.69, 9.17) is 9.26 Å². The predicted octanol–water partition coefficient (Wildman–Crippen LogP) is 3.57. The third kappa shape index (κ3) is 3.89. The summed E-state index contributed by atoms with van der Waals surface area (Å²) in [5.74, 6) is 0.419. The van der Waals surface area contributed by atoms with Gasteiger partial charge >= 0.3 is 5.97 Å². The van der Waals surface area contributed by atoms with Crippen LogP contribution in [0.2, 0.25) is 0 Å². The molecule has 0 N–H and O–H groups in total. The van der Waals surface area contributed by atoms with Crippen LogP contribution in [0.4, 0.5) is 5.69 Å². The van der Waals surface area contributed by atoms with Gasteiger partial charge in [-0.2, -0.15) is 4.98 Å². The van der Waals surface area contributed by atoms with Crippen LogP contribution in [0.3, 0.4) is 0 Å². The fourth-order valence-electron chi connectivity index (χ4n) is 3.46. The zero-order valence-corrected chi connectivity index (χ0v) is 16.3. The van der Waals surface area contributed by atoms with Crippen molar-refractivity contribution >= 4 is 17.6 Å². The molecular weight excluding hydrogens is 370 g/mol. The lowest BCUT2D eigenvalue weighted by molar-refractivity contribution is -0.139. The molecule has 0 radical (unpaired) electrons. The third-order valence-corrected chi connectivity index (χ3v) is 4.98. The molecule has 0 aliphatic carbocycles. The maximum atomic E-state index is 12.6. The van der Waals surface area contributed by atoms with Gasteiger partial charge in [-0.15, -0.1) is 0 Å². The zero-order valence-electron chi connectivity index (χ0n) is 16.3. The summed E-state index contributed by atoms with van der Waals surface area (Å²) in [5, 5.41) is 3.86. The molecule has 7 heteroatoms. The Labute approximate surface area is 168 Å². The van der Waals surface area contributed by atoms with E-state index in [9.17, 15) is 9.59 Å². The van der Waals surface area contributed by atoms with Crippen molar-refractivity contribution in [1.29, 1.82) is 0 Å². The topological polar surface area (TPSA) is 85.5 Å². The van der Waals surface area contributed by atoms with E-state index < -0.39 is 11.9 Å². The van der Waals surface area contributed by atoms with Gasteiger partial charge in [0.2, 0.25) is 17.6 Å². The van der Waals surface area contributed by atoms with Crippen molar-refractivity contribution in [1.82, 2.24) is 10.1 Å². The zero-order chi connectivity index (χ0) is 20.4. The molecule has 1 atom stereocenters. The van der Waals surface area contributed by atoms with Crippen molar-refractivity contribution in [2.45, 2.75) is 26.7 Å². The first-order chi connectivity index (χ1) is 14.0. The molecule has 7 nitrogen and oxygen atoms in total. The van der Waals surface area contributed by atoms with Crippen molar-refractivity contribution in [2.75, 3.05) is 11.4 Å². The van der Waals surface area contributed by atoms with Crippen LogP contribution in [-0.2, 0) is 16.0 Å². The van der Waals surface area contributed by atoms with Crippen LogP contribution in [0, 0.1) is 12.8 Å². The fourth-order valence-corrected chi connectivity index (χ4v) is 3.46. The Morgan fingerprint density at radius 1 is 1.21 bits per heavy atom. The molecule has 4 rings (SSSR count). The molecule has 0 bridgehead atoms. The first kappa shape index (κ1) is 18.9. The van der Waals surface area contributed by atoms with Crippen LogP contribution in [0.25, 0.3) is 11.4 Å². The Kier molecular flexibility index (Phi) is 5.12. The highest BCUT2D eigenvalue weighted by atomic mass is 16.5. The van der Waals surface area contributed by atoms with Gasteiger partial charge < -0.3 is 14.2 Å². The number of anilines is 1. The van der Waals surface area contributed by atoms with Crippen LogP contribution in [0.15, 0.2) is 53.1 Å². The quantitative estimate of drug-likeness (QED) is 0.488. The largest absolute Gasteiger partial charge is 0.426 e. The minimum Gasteiger partial charge on any atom is -0.426 e. The number of benzene rings is 2. The Hall–Kier alpha value is -3.48. The molecule has 0 saturated carbocycles. The number of aryl methyl sites for hydroxylation is 2. The molecule has 3 aromatic rings. The number of nitrogens with zero attached hydrogens (tertiary/aromatic N) is 3. The number of carbonyl (C=O) groups excluding carboxylic acids is 2. The summed E-state index contributed by atoms with van der Waals surface area (Å²) in [6.07, 6.45) is 0.971. The minimum atomic E-state index is -0.494. The Balaban J connectivity index is 1.43. The number of hydrogen-bond acceptors (Lipinski definition) is 6. The maximum Gasteiger partial charge on any atom is 0.316 e. The average Bonchev–Trinajstić information content (AvgIpc) is 3.34. The average molecular weight is 391 g/mol. The Morgan fingerprint density at radius 3 is 2.66 bits per heavy atom. The smallest absolute Gasteiger partial charge is 0.316 e.